The number of likely N-dealkylation sites (tertiary alicyclic amines) is 2. The second-order valence-corrected chi connectivity index (χ2v) is 18.3. The van der Waals surface area contributed by atoms with Gasteiger partial charge in [-0.3, -0.25) is 9.80 Å². The van der Waals surface area contributed by atoms with Crippen LogP contribution >= 0.6 is 0 Å². The molecule has 0 amide bonds. The zero-order valence-corrected chi connectivity index (χ0v) is 40.3. The average molecular weight is 921 g/mol. The Morgan fingerprint density at radius 3 is 1.61 bits per heavy atom. The van der Waals surface area contributed by atoms with Crippen LogP contribution in [0.2, 0.25) is 0 Å². The van der Waals surface area contributed by atoms with Crippen LogP contribution in [0.4, 0.5) is 4.39 Å². The van der Waals surface area contributed by atoms with Gasteiger partial charge < -0.3 is 18.9 Å². The lowest BCUT2D eigenvalue weighted by Crippen LogP contribution is -2.33. The van der Waals surface area contributed by atoms with Gasteiger partial charge >= 0.3 is 0 Å². The number of piperidine rings is 2. The summed E-state index contributed by atoms with van der Waals surface area (Å²) < 4.78 is 37.2. The van der Waals surface area contributed by atoms with Crippen LogP contribution in [0.5, 0.6) is 23.0 Å². The van der Waals surface area contributed by atoms with Crippen molar-refractivity contribution in [1.82, 2.24) is 9.80 Å². The fourth-order valence-electron chi connectivity index (χ4n) is 10.0. The van der Waals surface area contributed by atoms with Gasteiger partial charge in [0, 0.05) is 18.7 Å². The largest absolute Gasteiger partial charge is 0.497 e. The van der Waals surface area contributed by atoms with Crippen molar-refractivity contribution in [3.05, 3.63) is 192 Å². The Hall–Kier alpha value is -6.67. The fraction of sp³-hybridized carbons (Fsp3) is 0.290. The van der Waals surface area contributed by atoms with Gasteiger partial charge in [0.1, 0.15) is 42.0 Å². The first-order valence-corrected chi connectivity index (χ1v) is 24.9. The zero-order chi connectivity index (χ0) is 47.2. The molecule has 7 heteroatoms. The molecule has 0 spiro atoms. The smallest absolute Gasteiger partial charge is 0.126 e. The van der Waals surface area contributed by atoms with Crippen molar-refractivity contribution < 1.29 is 23.3 Å². The number of hydrogen-bond donors (Lipinski definition) is 0. The number of fused-ring (bicyclic) bond motifs is 2. The van der Waals surface area contributed by atoms with E-state index in [1.165, 1.54) is 109 Å². The van der Waals surface area contributed by atoms with Crippen molar-refractivity contribution in [2.24, 2.45) is 0 Å². The fourth-order valence-corrected chi connectivity index (χ4v) is 10.0. The molecule has 8 aromatic carbocycles. The Balaban J connectivity index is 0.000000172. The molecule has 2 saturated heterocycles. The molecule has 10 rings (SSSR count). The maximum absolute atomic E-state index is 14.1. The Labute approximate surface area is 408 Å². The van der Waals surface area contributed by atoms with E-state index in [9.17, 15) is 4.39 Å². The lowest BCUT2D eigenvalue weighted by Gasteiger charge is -2.26. The van der Waals surface area contributed by atoms with E-state index in [1.807, 2.05) is 30.3 Å². The van der Waals surface area contributed by atoms with Gasteiger partial charge in [-0.25, -0.2) is 4.39 Å². The van der Waals surface area contributed by atoms with E-state index in [-0.39, 0.29) is 5.82 Å². The maximum Gasteiger partial charge on any atom is 0.126 e. The van der Waals surface area contributed by atoms with Crippen LogP contribution in [-0.4, -0.2) is 76.5 Å². The predicted octanol–water partition coefficient (Wildman–Crippen LogP) is 14.1. The summed E-state index contributed by atoms with van der Waals surface area (Å²) in [6, 6.07) is 55.5. The number of nitrogens with zero attached hydrogens (tertiary/aromatic N) is 2. The third-order valence-electron chi connectivity index (χ3n) is 13.8. The Kier molecular flexibility index (Phi) is 16.2. The van der Waals surface area contributed by atoms with Crippen LogP contribution < -0.4 is 18.9 Å². The van der Waals surface area contributed by atoms with E-state index in [4.69, 9.17) is 18.9 Å². The van der Waals surface area contributed by atoms with Crippen LogP contribution in [0.15, 0.2) is 164 Å². The zero-order valence-electron chi connectivity index (χ0n) is 40.3. The van der Waals surface area contributed by atoms with E-state index in [2.05, 4.69) is 125 Å². The van der Waals surface area contributed by atoms with Gasteiger partial charge in [0.2, 0.25) is 0 Å². The van der Waals surface area contributed by atoms with Gasteiger partial charge in [-0.05, 0) is 180 Å². The summed E-state index contributed by atoms with van der Waals surface area (Å²) in [5, 5.41) is 4.80. The topological polar surface area (TPSA) is 43.4 Å². The number of para-hydroxylation sites is 1. The van der Waals surface area contributed by atoms with E-state index >= 15 is 0 Å². The van der Waals surface area contributed by atoms with E-state index < -0.39 is 0 Å². The van der Waals surface area contributed by atoms with Crippen LogP contribution in [0.3, 0.4) is 0 Å². The van der Waals surface area contributed by atoms with E-state index in [0.29, 0.717) is 6.61 Å². The summed E-state index contributed by atoms with van der Waals surface area (Å²) in [5.74, 6) is 3.35. The first kappa shape index (κ1) is 47.4. The summed E-state index contributed by atoms with van der Waals surface area (Å²) in [6.07, 6.45) is 9.55. The summed E-state index contributed by atoms with van der Waals surface area (Å²) >= 11 is 0. The SMILES string of the molecule is COc1ccc2c(Cc3ccc(OCCN4CCCCC4)cc3)c(-c3cccc(F)c3)ccc2c1.COc1ccccc1-c1ccc2ccccc2c1Cc1ccc(OCCN2CCCCC2)cc1. The minimum Gasteiger partial charge on any atom is -0.497 e. The lowest BCUT2D eigenvalue weighted by atomic mass is 9.90. The molecule has 0 aliphatic carbocycles. The first-order chi connectivity index (χ1) is 34.0. The number of halogens is 1. The molecule has 0 bridgehead atoms. The third-order valence-corrected chi connectivity index (χ3v) is 13.8. The molecule has 69 heavy (non-hydrogen) atoms. The number of ether oxygens (including phenoxy) is 4. The minimum absolute atomic E-state index is 0.227. The highest BCUT2D eigenvalue weighted by molar-refractivity contribution is 5.94. The second-order valence-electron chi connectivity index (χ2n) is 18.3. The van der Waals surface area contributed by atoms with Crippen LogP contribution in [0.1, 0.15) is 60.8 Å². The van der Waals surface area contributed by atoms with Crippen molar-refractivity contribution in [1.29, 1.82) is 0 Å². The number of rotatable bonds is 16. The normalized spacial score (nSPS) is 14.2. The van der Waals surface area contributed by atoms with Crippen LogP contribution in [0, 0.1) is 5.82 Å². The molecule has 2 aliphatic rings. The van der Waals surface area contributed by atoms with E-state index in [1.54, 1.807) is 26.4 Å². The van der Waals surface area contributed by atoms with Crippen molar-refractivity contribution >= 4 is 21.5 Å². The van der Waals surface area contributed by atoms with Crippen LogP contribution in [0.25, 0.3) is 43.8 Å². The molecule has 0 radical (unpaired) electrons. The van der Waals surface area contributed by atoms with Gasteiger partial charge in [0.05, 0.1) is 14.2 Å². The molecule has 0 saturated carbocycles. The van der Waals surface area contributed by atoms with Gasteiger partial charge in [-0.1, -0.05) is 122 Å². The predicted molar refractivity (Wildman–Crippen MR) is 282 cm³/mol. The molecule has 0 aromatic heterocycles. The quantitative estimate of drug-likeness (QED) is 0.0962. The second kappa shape index (κ2) is 23.6. The highest BCUT2D eigenvalue weighted by atomic mass is 19.1. The Morgan fingerprint density at radius 2 is 0.986 bits per heavy atom. The van der Waals surface area contributed by atoms with Crippen LogP contribution in [-0.2, 0) is 12.8 Å². The summed E-state index contributed by atoms with van der Waals surface area (Å²) in [7, 11) is 3.42. The van der Waals surface area contributed by atoms with Gasteiger partial charge in [0.15, 0.2) is 0 Å². The molecule has 2 aliphatic heterocycles. The first-order valence-electron chi connectivity index (χ1n) is 24.9. The molecule has 6 nitrogen and oxygen atoms in total. The highest BCUT2D eigenvalue weighted by Crippen LogP contribution is 2.38. The van der Waals surface area contributed by atoms with Gasteiger partial charge in [-0.2, -0.15) is 0 Å². The molecular formula is C62H65FN2O4. The number of benzene rings is 8. The number of hydrogen-bond acceptors (Lipinski definition) is 6. The summed E-state index contributed by atoms with van der Waals surface area (Å²) in [4.78, 5) is 5.00. The molecular weight excluding hydrogens is 856 g/mol. The molecule has 2 heterocycles. The third kappa shape index (κ3) is 12.3. The molecule has 0 unspecified atom stereocenters. The monoisotopic (exact) mass is 920 g/mol. The minimum atomic E-state index is -0.227. The molecule has 2 fully saturated rings. The lowest BCUT2D eigenvalue weighted by molar-refractivity contribution is 0.183. The van der Waals surface area contributed by atoms with Crippen molar-refractivity contribution in [3.63, 3.8) is 0 Å². The van der Waals surface area contributed by atoms with E-state index in [0.717, 1.165) is 83.0 Å². The Bertz CT molecular complexity index is 2900. The van der Waals surface area contributed by atoms with Crippen molar-refractivity contribution in [2.45, 2.75) is 51.4 Å². The Morgan fingerprint density at radius 1 is 0.435 bits per heavy atom. The summed E-state index contributed by atoms with van der Waals surface area (Å²) in [6.45, 7) is 8.26. The highest BCUT2D eigenvalue weighted by Gasteiger charge is 2.16. The van der Waals surface area contributed by atoms with Gasteiger partial charge in [0.25, 0.3) is 0 Å². The standard InChI is InChI=1S/C31H32FNO2.C31H33NO2/c1-34-28-13-15-30-25(22-28)10-14-29(24-6-5-7-26(32)21-24)31(30)20-23-8-11-27(12-9-23)35-19-18-33-16-3-2-4-17-33;1-33-31-12-6-5-11-29(31)28-18-15-25-9-3-4-10-27(25)30(28)23-24-13-16-26(17-14-24)34-22-21-32-19-7-2-8-20-32/h5-15,21-22H,2-4,16-20H2,1H3;3-6,9-18H,2,7-8,19-23H2,1H3. The summed E-state index contributed by atoms with van der Waals surface area (Å²) in [5.41, 5.74) is 9.24. The average Bonchev–Trinajstić information content (AvgIpc) is 3.40. The van der Waals surface area contributed by atoms with Crippen molar-refractivity contribution in [3.8, 4) is 45.3 Å². The van der Waals surface area contributed by atoms with Crippen molar-refractivity contribution in [2.75, 3.05) is 66.7 Å². The molecule has 0 N–H and O–H groups in total. The maximum atomic E-state index is 14.1. The molecule has 354 valence electrons. The number of methoxy groups -OCH3 is 2. The molecule has 0 atom stereocenters. The molecule has 8 aromatic rings. The van der Waals surface area contributed by atoms with Gasteiger partial charge in [-0.15, -0.1) is 0 Å².